The summed E-state index contributed by atoms with van der Waals surface area (Å²) in [5.41, 5.74) is 0. The van der Waals surface area contributed by atoms with Gasteiger partial charge in [0.25, 0.3) is 0 Å². The summed E-state index contributed by atoms with van der Waals surface area (Å²) >= 11 is 5.91. The fourth-order valence-electron chi connectivity index (χ4n) is 2.10. The van der Waals surface area contributed by atoms with Crippen LogP contribution >= 0.6 is 11.6 Å². The van der Waals surface area contributed by atoms with Gasteiger partial charge in [0.05, 0.1) is 6.10 Å². The van der Waals surface area contributed by atoms with Crippen molar-refractivity contribution in [3.63, 3.8) is 0 Å². The Hall–Kier alpha value is -1.03. The van der Waals surface area contributed by atoms with Crippen LogP contribution < -0.4 is 9.64 Å². The maximum atomic E-state index is 5.91. The third kappa shape index (κ3) is 4.86. The number of halogens is 1. The van der Waals surface area contributed by atoms with Crippen molar-refractivity contribution in [3.05, 3.63) is 12.4 Å². The second kappa shape index (κ2) is 8.20. The molecule has 0 N–H and O–H groups in total. The third-order valence-corrected chi connectivity index (χ3v) is 3.16. The van der Waals surface area contributed by atoms with Gasteiger partial charge in [0, 0.05) is 24.5 Å². The molecule has 0 unspecified atom stereocenters. The molecule has 0 saturated heterocycles. The molecule has 0 radical (unpaired) electrons. The van der Waals surface area contributed by atoms with Crippen LogP contribution in [-0.2, 0) is 0 Å². The Kier molecular flexibility index (Phi) is 6.92. The van der Waals surface area contributed by atoms with E-state index >= 15 is 0 Å². The zero-order valence-electron chi connectivity index (χ0n) is 12.3. The van der Waals surface area contributed by atoms with E-state index in [0.29, 0.717) is 17.8 Å². The molecule has 0 amide bonds. The van der Waals surface area contributed by atoms with Crippen LogP contribution in [-0.4, -0.2) is 34.5 Å². The average Bonchev–Trinajstić information content (AvgIpc) is 2.38. The first-order valence-corrected chi connectivity index (χ1v) is 7.47. The Morgan fingerprint density at radius 2 is 1.95 bits per heavy atom. The molecule has 1 aromatic rings. The third-order valence-electron chi connectivity index (χ3n) is 2.99. The molecule has 5 heteroatoms. The minimum Gasteiger partial charge on any atom is -0.475 e. The molecular weight excluding hydrogens is 262 g/mol. The van der Waals surface area contributed by atoms with Gasteiger partial charge >= 0.3 is 0 Å². The molecule has 0 fully saturated rings. The highest BCUT2D eigenvalue weighted by Gasteiger charge is 2.17. The van der Waals surface area contributed by atoms with E-state index in [2.05, 4.69) is 28.7 Å². The quantitative estimate of drug-likeness (QED) is 0.685. The molecule has 0 aliphatic carbocycles. The monoisotopic (exact) mass is 285 g/mol. The molecule has 0 aliphatic heterocycles. The van der Waals surface area contributed by atoms with Crippen molar-refractivity contribution in [2.45, 2.75) is 52.7 Å². The van der Waals surface area contributed by atoms with Crippen LogP contribution in [0.1, 0.15) is 40.5 Å². The maximum absolute atomic E-state index is 5.91. The number of ether oxygens (including phenoxy) is 1. The van der Waals surface area contributed by atoms with Crippen molar-refractivity contribution < 1.29 is 4.74 Å². The van der Waals surface area contributed by atoms with Crippen molar-refractivity contribution >= 4 is 17.4 Å². The number of aromatic nitrogens is 2. The number of rotatable bonds is 8. The summed E-state index contributed by atoms with van der Waals surface area (Å²) in [5.74, 6) is 2.09. The van der Waals surface area contributed by atoms with Crippen molar-refractivity contribution in [2.24, 2.45) is 0 Å². The van der Waals surface area contributed by atoms with Crippen LogP contribution in [0.25, 0.3) is 0 Å². The summed E-state index contributed by atoms with van der Waals surface area (Å²) in [5, 5.41) is 0. The summed E-state index contributed by atoms with van der Waals surface area (Å²) in [6.45, 7) is 9.12. The summed E-state index contributed by atoms with van der Waals surface area (Å²) in [6.07, 6.45) is 3.80. The standard InChI is InChI=1S/C14H24ClN3O/c1-5-12(6-2)18(8-7-15)13-9-14(17-10-16-13)19-11(3)4/h9-12H,5-8H2,1-4H3. The van der Waals surface area contributed by atoms with E-state index in [9.17, 15) is 0 Å². The average molecular weight is 286 g/mol. The summed E-state index contributed by atoms with van der Waals surface area (Å²) in [6, 6.07) is 2.34. The Morgan fingerprint density at radius 3 is 2.47 bits per heavy atom. The molecule has 1 heterocycles. The van der Waals surface area contributed by atoms with Gasteiger partial charge in [-0.15, -0.1) is 11.6 Å². The number of alkyl halides is 1. The van der Waals surface area contributed by atoms with Gasteiger partial charge in [-0.05, 0) is 26.7 Å². The fraction of sp³-hybridized carbons (Fsp3) is 0.714. The molecule has 0 atom stereocenters. The molecule has 1 aromatic heterocycles. The molecule has 0 aromatic carbocycles. The van der Waals surface area contributed by atoms with Crippen LogP contribution in [0.15, 0.2) is 12.4 Å². The minimum absolute atomic E-state index is 0.109. The van der Waals surface area contributed by atoms with Crippen molar-refractivity contribution in [2.75, 3.05) is 17.3 Å². The molecule has 0 bridgehead atoms. The lowest BCUT2D eigenvalue weighted by molar-refractivity contribution is 0.232. The topological polar surface area (TPSA) is 38.2 Å². The van der Waals surface area contributed by atoms with E-state index in [1.54, 1.807) is 6.33 Å². The van der Waals surface area contributed by atoms with E-state index in [1.807, 2.05) is 19.9 Å². The van der Waals surface area contributed by atoms with Gasteiger partial charge < -0.3 is 9.64 Å². The van der Waals surface area contributed by atoms with Gasteiger partial charge in [-0.1, -0.05) is 13.8 Å². The zero-order valence-corrected chi connectivity index (χ0v) is 13.0. The van der Waals surface area contributed by atoms with E-state index in [1.165, 1.54) is 0 Å². The Bertz CT molecular complexity index is 369. The number of hydrogen-bond donors (Lipinski definition) is 0. The largest absolute Gasteiger partial charge is 0.475 e. The highest BCUT2D eigenvalue weighted by molar-refractivity contribution is 6.18. The normalized spacial score (nSPS) is 11.1. The Balaban J connectivity index is 2.94. The maximum Gasteiger partial charge on any atom is 0.218 e. The van der Waals surface area contributed by atoms with Gasteiger partial charge in [-0.3, -0.25) is 0 Å². The predicted molar refractivity (Wildman–Crippen MR) is 80.2 cm³/mol. The minimum atomic E-state index is 0.109. The summed E-state index contributed by atoms with van der Waals surface area (Å²) in [4.78, 5) is 10.7. The Morgan fingerprint density at radius 1 is 1.26 bits per heavy atom. The van der Waals surface area contributed by atoms with E-state index in [-0.39, 0.29) is 6.10 Å². The fourth-order valence-corrected chi connectivity index (χ4v) is 2.28. The van der Waals surface area contributed by atoms with Gasteiger partial charge in [-0.25, -0.2) is 9.97 Å². The SMILES string of the molecule is CCC(CC)N(CCCl)c1cc(OC(C)C)ncn1. The lowest BCUT2D eigenvalue weighted by Gasteiger charge is -2.31. The van der Waals surface area contributed by atoms with Gasteiger partial charge in [-0.2, -0.15) is 0 Å². The summed E-state index contributed by atoms with van der Waals surface area (Å²) < 4.78 is 5.62. The van der Waals surface area contributed by atoms with Gasteiger partial charge in [0.15, 0.2) is 0 Å². The number of anilines is 1. The Labute approximate surface area is 121 Å². The molecule has 108 valence electrons. The van der Waals surface area contributed by atoms with Crippen molar-refractivity contribution in [1.82, 2.24) is 9.97 Å². The van der Waals surface area contributed by atoms with Crippen molar-refractivity contribution in [3.8, 4) is 5.88 Å². The molecule has 0 spiro atoms. The van der Waals surface area contributed by atoms with E-state index in [0.717, 1.165) is 25.2 Å². The first-order chi connectivity index (χ1) is 9.12. The highest BCUT2D eigenvalue weighted by Crippen LogP contribution is 2.21. The highest BCUT2D eigenvalue weighted by atomic mass is 35.5. The van der Waals surface area contributed by atoms with Crippen LogP contribution in [0.5, 0.6) is 5.88 Å². The lowest BCUT2D eigenvalue weighted by Crippen LogP contribution is -2.36. The summed E-state index contributed by atoms with van der Waals surface area (Å²) in [7, 11) is 0. The second-order valence-corrected chi connectivity index (χ2v) is 5.11. The first-order valence-electron chi connectivity index (χ1n) is 6.93. The lowest BCUT2D eigenvalue weighted by atomic mass is 10.1. The smallest absolute Gasteiger partial charge is 0.218 e. The molecular formula is C14H24ClN3O. The number of nitrogens with zero attached hydrogens (tertiary/aromatic N) is 3. The van der Waals surface area contributed by atoms with Crippen LogP contribution in [0.3, 0.4) is 0 Å². The van der Waals surface area contributed by atoms with Crippen LogP contribution in [0.2, 0.25) is 0 Å². The van der Waals surface area contributed by atoms with E-state index < -0.39 is 0 Å². The predicted octanol–water partition coefficient (Wildman–Crippen LogP) is 3.50. The van der Waals surface area contributed by atoms with Crippen LogP contribution in [0.4, 0.5) is 5.82 Å². The molecule has 19 heavy (non-hydrogen) atoms. The molecule has 1 rings (SSSR count). The van der Waals surface area contributed by atoms with E-state index in [4.69, 9.17) is 16.3 Å². The molecule has 0 saturated carbocycles. The zero-order chi connectivity index (χ0) is 14.3. The van der Waals surface area contributed by atoms with Crippen molar-refractivity contribution in [1.29, 1.82) is 0 Å². The van der Waals surface area contributed by atoms with Crippen LogP contribution in [0, 0.1) is 0 Å². The second-order valence-electron chi connectivity index (χ2n) is 4.73. The van der Waals surface area contributed by atoms with Gasteiger partial charge in [0.2, 0.25) is 5.88 Å². The molecule has 0 aliphatic rings. The molecule has 4 nitrogen and oxygen atoms in total. The van der Waals surface area contributed by atoms with Gasteiger partial charge in [0.1, 0.15) is 12.1 Å². The number of hydrogen-bond acceptors (Lipinski definition) is 4. The first kappa shape index (κ1) is 16.0.